The van der Waals surface area contributed by atoms with Crippen molar-refractivity contribution in [2.45, 2.75) is 26.2 Å². The molecular weight excluding hydrogens is 166 g/mol. The van der Waals surface area contributed by atoms with Crippen LogP contribution in [0.3, 0.4) is 0 Å². The minimum absolute atomic E-state index is 0.0163. The van der Waals surface area contributed by atoms with Gasteiger partial charge >= 0.3 is 5.97 Å². The predicted molar refractivity (Wildman–Crippen MR) is 49.6 cm³/mol. The highest BCUT2D eigenvalue weighted by atomic mass is 16.4. The predicted octanol–water partition coefficient (Wildman–Crippen LogP) is 1.97. The molecule has 3 nitrogen and oxygen atoms in total. The number of nitrogens with zero attached hydrogens (tertiary/aromatic N) is 1. The van der Waals surface area contributed by atoms with Gasteiger partial charge in [-0.3, -0.25) is 9.78 Å². The normalized spacial score (nSPS) is 12.5. The molecule has 13 heavy (non-hydrogen) atoms. The average molecular weight is 179 g/mol. The van der Waals surface area contributed by atoms with Crippen LogP contribution in [-0.2, 0) is 4.79 Å². The Morgan fingerprint density at radius 2 is 2.31 bits per heavy atom. The molecule has 0 saturated carbocycles. The van der Waals surface area contributed by atoms with Crippen LogP contribution in [0.4, 0.5) is 0 Å². The van der Waals surface area contributed by atoms with Gasteiger partial charge < -0.3 is 5.11 Å². The molecule has 0 aliphatic heterocycles. The molecule has 1 aromatic heterocycles. The highest BCUT2D eigenvalue weighted by Gasteiger charge is 2.10. The van der Waals surface area contributed by atoms with E-state index in [4.69, 9.17) is 5.11 Å². The monoisotopic (exact) mass is 179 g/mol. The standard InChI is InChI=1S/C10H13NO2/c1-7(6-10(12)13)9-5-3-4-8(2)11-9/h3-5,7H,6H2,1-2H3,(H,12,13). The SMILES string of the molecule is Cc1cccc(C(C)CC(=O)O)n1. The second kappa shape index (κ2) is 4.03. The number of rotatable bonds is 3. The summed E-state index contributed by atoms with van der Waals surface area (Å²) < 4.78 is 0. The maximum atomic E-state index is 10.4. The highest BCUT2D eigenvalue weighted by molar-refractivity contribution is 5.67. The van der Waals surface area contributed by atoms with Gasteiger partial charge in [-0.25, -0.2) is 0 Å². The number of carbonyl (C=O) groups is 1. The van der Waals surface area contributed by atoms with Crippen LogP contribution >= 0.6 is 0 Å². The smallest absolute Gasteiger partial charge is 0.304 e. The fourth-order valence-corrected chi connectivity index (χ4v) is 1.21. The van der Waals surface area contributed by atoms with E-state index in [1.54, 1.807) is 0 Å². The number of pyridine rings is 1. The molecule has 1 rings (SSSR count). The summed E-state index contributed by atoms with van der Waals surface area (Å²) in [5.74, 6) is -0.798. The molecule has 3 heteroatoms. The molecule has 1 unspecified atom stereocenters. The third kappa shape index (κ3) is 2.86. The van der Waals surface area contributed by atoms with Crippen molar-refractivity contribution in [1.29, 1.82) is 0 Å². The van der Waals surface area contributed by atoms with Crippen molar-refractivity contribution in [3.8, 4) is 0 Å². The molecule has 1 aromatic rings. The Bertz CT molecular complexity index is 310. The third-order valence-electron chi connectivity index (χ3n) is 1.90. The number of hydrogen-bond donors (Lipinski definition) is 1. The molecule has 0 aromatic carbocycles. The molecule has 0 fully saturated rings. The van der Waals surface area contributed by atoms with Crippen molar-refractivity contribution < 1.29 is 9.90 Å². The van der Waals surface area contributed by atoms with Crippen LogP contribution in [0.25, 0.3) is 0 Å². The molecule has 70 valence electrons. The molecule has 0 amide bonds. The van der Waals surface area contributed by atoms with Gasteiger partial charge in [0.2, 0.25) is 0 Å². The van der Waals surface area contributed by atoms with Crippen molar-refractivity contribution in [1.82, 2.24) is 4.98 Å². The number of carboxylic acid groups (broad SMARTS) is 1. The fourth-order valence-electron chi connectivity index (χ4n) is 1.21. The van der Waals surface area contributed by atoms with Gasteiger partial charge in [0, 0.05) is 17.3 Å². The quantitative estimate of drug-likeness (QED) is 0.771. The van der Waals surface area contributed by atoms with Crippen LogP contribution in [-0.4, -0.2) is 16.1 Å². The van der Waals surface area contributed by atoms with Crippen LogP contribution in [0.5, 0.6) is 0 Å². The average Bonchev–Trinajstić information content (AvgIpc) is 2.03. The largest absolute Gasteiger partial charge is 0.481 e. The molecule has 0 aliphatic rings. The first-order valence-corrected chi connectivity index (χ1v) is 4.25. The lowest BCUT2D eigenvalue weighted by Crippen LogP contribution is -2.04. The second-order valence-corrected chi connectivity index (χ2v) is 3.20. The molecular formula is C10H13NO2. The van der Waals surface area contributed by atoms with E-state index < -0.39 is 5.97 Å². The van der Waals surface area contributed by atoms with Gasteiger partial charge in [0.1, 0.15) is 0 Å². The Balaban J connectivity index is 2.76. The minimum Gasteiger partial charge on any atom is -0.481 e. The fraction of sp³-hybridized carbons (Fsp3) is 0.400. The summed E-state index contributed by atoms with van der Waals surface area (Å²) in [7, 11) is 0. The van der Waals surface area contributed by atoms with Crippen LogP contribution < -0.4 is 0 Å². The third-order valence-corrected chi connectivity index (χ3v) is 1.90. The van der Waals surface area contributed by atoms with Gasteiger partial charge in [0.25, 0.3) is 0 Å². The van der Waals surface area contributed by atoms with Gasteiger partial charge in [0.15, 0.2) is 0 Å². The van der Waals surface area contributed by atoms with Crippen LogP contribution in [0.15, 0.2) is 18.2 Å². The van der Waals surface area contributed by atoms with Gasteiger partial charge in [-0.05, 0) is 19.1 Å². The van der Waals surface area contributed by atoms with E-state index in [9.17, 15) is 4.79 Å². The summed E-state index contributed by atoms with van der Waals surface area (Å²) in [6.45, 7) is 3.77. The van der Waals surface area contributed by atoms with Crippen molar-refractivity contribution in [3.63, 3.8) is 0 Å². The van der Waals surface area contributed by atoms with E-state index in [2.05, 4.69) is 4.98 Å². The molecule has 0 bridgehead atoms. The van der Waals surface area contributed by atoms with Crippen molar-refractivity contribution in [2.75, 3.05) is 0 Å². The molecule has 1 atom stereocenters. The zero-order valence-corrected chi connectivity index (χ0v) is 7.82. The first-order chi connectivity index (χ1) is 6.09. The first-order valence-electron chi connectivity index (χ1n) is 4.25. The summed E-state index contributed by atoms with van der Waals surface area (Å²) in [6.07, 6.45) is 0.135. The topological polar surface area (TPSA) is 50.2 Å². The Morgan fingerprint density at radius 3 is 2.85 bits per heavy atom. The summed E-state index contributed by atoms with van der Waals surface area (Å²) in [5, 5.41) is 8.59. The summed E-state index contributed by atoms with van der Waals surface area (Å²) >= 11 is 0. The summed E-state index contributed by atoms with van der Waals surface area (Å²) in [4.78, 5) is 14.7. The lowest BCUT2D eigenvalue weighted by Gasteiger charge is -2.07. The van der Waals surface area contributed by atoms with Gasteiger partial charge in [-0.1, -0.05) is 13.0 Å². The van der Waals surface area contributed by atoms with E-state index in [0.717, 1.165) is 11.4 Å². The van der Waals surface area contributed by atoms with E-state index in [-0.39, 0.29) is 12.3 Å². The van der Waals surface area contributed by atoms with Crippen molar-refractivity contribution in [2.24, 2.45) is 0 Å². The van der Waals surface area contributed by atoms with Crippen molar-refractivity contribution in [3.05, 3.63) is 29.6 Å². The number of carboxylic acids is 1. The van der Waals surface area contributed by atoms with Gasteiger partial charge in [0.05, 0.1) is 6.42 Å². The molecule has 1 N–H and O–H groups in total. The van der Waals surface area contributed by atoms with E-state index in [0.29, 0.717) is 0 Å². The van der Waals surface area contributed by atoms with E-state index in [1.165, 1.54) is 0 Å². The van der Waals surface area contributed by atoms with Crippen molar-refractivity contribution >= 4 is 5.97 Å². The van der Waals surface area contributed by atoms with Crippen LogP contribution in [0.1, 0.15) is 30.7 Å². The molecule has 0 spiro atoms. The Morgan fingerprint density at radius 1 is 1.62 bits per heavy atom. The van der Waals surface area contributed by atoms with Crippen LogP contribution in [0, 0.1) is 6.92 Å². The minimum atomic E-state index is -0.782. The molecule has 0 radical (unpaired) electrons. The number of aromatic nitrogens is 1. The Kier molecular flexibility index (Phi) is 3.01. The maximum Gasteiger partial charge on any atom is 0.304 e. The van der Waals surface area contributed by atoms with E-state index in [1.807, 2.05) is 32.0 Å². The summed E-state index contributed by atoms with van der Waals surface area (Å²) in [5.41, 5.74) is 1.78. The van der Waals surface area contributed by atoms with Crippen LogP contribution in [0.2, 0.25) is 0 Å². The number of aryl methyl sites for hydroxylation is 1. The second-order valence-electron chi connectivity index (χ2n) is 3.20. The lowest BCUT2D eigenvalue weighted by molar-refractivity contribution is -0.137. The zero-order chi connectivity index (χ0) is 9.84. The number of hydrogen-bond acceptors (Lipinski definition) is 2. The maximum absolute atomic E-state index is 10.4. The highest BCUT2D eigenvalue weighted by Crippen LogP contribution is 2.16. The van der Waals surface area contributed by atoms with Gasteiger partial charge in [-0.15, -0.1) is 0 Å². The first kappa shape index (κ1) is 9.71. The number of aliphatic carboxylic acids is 1. The Labute approximate surface area is 77.4 Å². The molecule has 0 aliphatic carbocycles. The Hall–Kier alpha value is -1.38. The summed E-state index contributed by atoms with van der Waals surface area (Å²) in [6, 6.07) is 5.66. The van der Waals surface area contributed by atoms with Gasteiger partial charge in [-0.2, -0.15) is 0 Å². The zero-order valence-electron chi connectivity index (χ0n) is 7.82. The lowest BCUT2D eigenvalue weighted by atomic mass is 10.0. The molecule has 1 heterocycles. The van der Waals surface area contributed by atoms with E-state index >= 15 is 0 Å². The molecule has 0 saturated heterocycles.